The molecule has 3 nitrogen and oxygen atoms in total. The minimum Gasteiger partial charge on any atom is -0.354 e. The van der Waals surface area contributed by atoms with E-state index in [9.17, 15) is 0 Å². The molecule has 0 rings (SSSR count). The Bertz CT molecular complexity index is 110. The number of aliphatic hydroxyl groups excluding tert-OH is 1. The minimum atomic E-state index is -2.39. The molecule has 0 aromatic heterocycles. The lowest BCUT2D eigenvalue weighted by Gasteiger charge is -1.40. The second-order valence-electron chi connectivity index (χ2n) is 0.366. The lowest BCUT2D eigenvalue weighted by molar-refractivity contribution is 0.581. The second-order valence-corrected chi connectivity index (χ2v) is 1.10. The van der Waals surface area contributed by atoms with E-state index in [1.54, 1.807) is 0 Å². The standard InChI is InChI=1S/CH2O3S/c2-1-5(3)4/h1-2H. The van der Waals surface area contributed by atoms with E-state index in [0.29, 0.717) is 0 Å². The molecule has 0 aliphatic heterocycles. The number of aliphatic hydroxyl groups is 1. The van der Waals surface area contributed by atoms with Crippen molar-refractivity contribution in [1.29, 1.82) is 0 Å². The van der Waals surface area contributed by atoms with Gasteiger partial charge in [0.15, 0.2) is 5.55 Å². The van der Waals surface area contributed by atoms with Gasteiger partial charge in [0.05, 0.1) is 0 Å². The Labute approximate surface area is 30.4 Å². The van der Waals surface area contributed by atoms with Crippen LogP contribution in [0.3, 0.4) is 0 Å². The molecule has 0 aromatic rings. The van der Waals surface area contributed by atoms with Crippen molar-refractivity contribution in [2.24, 2.45) is 0 Å². The van der Waals surface area contributed by atoms with Crippen LogP contribution in [0.1, 0.15) is 0 Å². The lowest BCUT2D eigenvalue weighted by atomic mass is 11.8. The van der Waals surface area contributed by atoms with Gasteiger partial charge in [-0.3, -0.25) is 0 Å². The van der Waals surface area contributed by atoms with Gasteiger partial charge in [0.1, 0.15) is 0 Å². The summed E-state index contributed by atoms with van der Waals surface area (Å²) in [5.41, 5.74) is 0.0833. The fourth-order valence-electron chi connectivity index (χ4n) is 0. The van der Waals surface area contributed by atoms with Gasteiger partial charge in [0.2, 0.25) is 10.3 Å². The topological polar surface area (TPSA) is 54.4 Å². The van der Waals surface area contributed by atoms with Crippen LogP contribution in [0.25, 0.3) is 0 Å². The van der Waals surface area contributed by atoms with Crippen LogP contribution in [0.5, 0.6) is 0 Å². The van der Waals surface area contributed by atoms with E-state index < -0.39 is 10.3 Å². The summed E-state index contributed by atoms with van der Waals surface area (Å²) in [7, 11) is -2.39. The summed E-state index contributed by atoms with van der Waals surface area (Å²) in [6.45, 7) is 0. The van der Waals surface area contributed by atoms with Crippen LogP contribution in [-0.2, 0) is 10.3 Å². The fraction of sp³-hybridized carbons (Fsp3) is 0. The maximum Gasteiger partial charge on any atom is 0.237 e. The average molecular weight is 94.1 g/mol. The van der Waals surface area contributed by atoms with E-state index in [1.165, 1.54) is 0 Å². The van der Waals surface area contributed by atoms with Crippen molar-refractivity contribution >= 4 is 15.8 Å². The predicted molar refractivity (Wildman–Crippen MR) is 17.6 cm³/mol. The van der Waals surface area contributed by atoms with Gasteiger partial charge < -0.3 is 5.11 Å². The van der Waals surface area contributed by atoms with Crippen LogP contribution in [0.4, 0.5) is 0 Å². The summed E-state index contributed by atoms with van der Waals surface area (Å²) in [5, 5.41) is 7.41. The average Bonchev–Trinajstić information content (AvgIpc) is 1.38. The summed E-state index contributed by atoms with van der Waals surface area (Å²) in [4.78, 5) is 0. The van der Waals surface area contributed by atoms with Gasteiger partial charge in [0.25, 0.3) is 0 Å². The number of hydrogen-bond acceptors (Lipinski definition) is 2. The van der Waals surface area contributed by atoms with E-state index in [4.69, 9.17) is 13.5 Å². The molecule has 0 radical (unpaired) electrons. The Balaban J connectivity index is 4.25. The molecule has 0 heterocycles. The molecule has 0 spiro atoms. The monoisotopic (exact) mass is 94.0 g/mol. The third kappa shape index (κ3) is 3.65. The third-order valence-corrected chi connectivity index (χ3v) is 0.258. The zero-order chi connectivity index (χ0) is 4.28. The Hall–Kier alpha value is -0.350. The SMILES string of the molecule is O=S(=O)=CO. The Morgan fingerprint density at radius 3 is 1.80 bits per heavy atom. The molecule has 0 fully saturated rings. The van der Waals surface area contributed by atoms with Gasteiger partial charge in [0, 0.05) is 0 Å². The van der Waals surface area contributed by atoms with Gasteiger partial charge in [-0.25, -0.2) is 0 Å². The zero-order valence-corrected chi connectivity index (χ0v) is 3.07. The fourth-order valence-corrected chi connectivity index (χ4v) is 0. The summed E-state index contributed by atoms with van der Waals surface area (Å²) in [6, 6.07) is 0. The van der Waals surface area contributed by atoms with Crippen molar-refractivity contribution in [2.45, 2.75) is 0 Å². The first kappa shape index (κ1) is 4.65. The van der Waals surface area contributed by atoms with Crippen LogP contribution >= 0.6 is 0 Å². The molecular weight excluding hydrogens is 92.1 g/mol. The van der Waals surface area contributed by atoms with Crippen molar-refractivity contribution < 1.29 is 13.5 Å². The smallest absolute Gasteiger partial charge is 0.237 e. The van der Waals surface area contributed by atoms with Gasteiger partial charge in [-0.1, -0.05) is 0 Å². The molecular formula is CH2O3S. The van der Waals surface area contributed by atoms with E-state index in [-0.39, 0.29) is 5.55 Å². The Morgan fingerprint density at radius 2 is 1.80 bits per heavy atom. The van der Waals surface area contributed by atoms with Crippen molar-refractivity contribution in [3.05, 3.63) is 0 Å². The van der Waals surface area contributed by atoms with Crippen molar-refractivity contribution in [2.75, 3.05) is 0 Å². The van der Waals surface area contributed by atoms with Gasteiger partial charge in [-0.2, -0.15) is 8.42 Å². The molecule has 0 saturated heterocycles. The molecule has 0 bridgehead atoms. The first-order chi connectivity index (χ1) is 2.27. The normalized spacial score (nSPS) is 6.60. The van der Waals surface area contributed by atoms with Crippen LogP contribution in [0.2, 0.25) is 0 Å². The molecule has 0 aliphatic carbocycles. The highest BCUT2D eigenvalue weighted by molar-refractivity contribution is 7.71. The lowest BCUT2D eigenvalue weighted by Crippen LogP contribution is -1.62. The Morgan fingerprint density at radius 1 is 1.60 bits per heavy atom. The highest BCUT2D eigenvalue weighted by Crippen LogP contribution is 1.23. The molecule has 0 amide bonds. The molecule has 4 heteroatoms. The van der Waals surface area contributed by atoms with Crippen LogP contribution in [0, 0.1) is 0 Å². The Kier molecular flexibility index (Phi) is 1.79. The number of hydrogen-bond donors (Lipinski definition) is 1. The van der Waals surface area contributed by atoms with Gasteiger partial charge in [-0.05, 0) is 0 Å². The second kappa shape index (κ2) is 1.92. The quantitative estimate of drug-likeness (QED) is 0.399. The maximum absolute atomic E-state index is 9.06. The molecule has 1 N–H and O–H groups in total. The first-order valence-electron chi connectivity index (χ1n) is 0.827. The van der Waals surface area contributed by atoms with Crippen molar-refractivity contribution in [1.82, 2.24) is 0 Å². The summed E-state index contributed by atoms with van der Waals surface area (Å²) in [6.07, 6.45) is 0. The largest absolute Gasteiger partial charge is 0.354 e. The molecule has 0 atom stereocenters. The number of rotatable bonds is 0. The highest BCUT2D eigenvalue weighted by atomic mass is 32.2. The molecule has 30 valence electrons. The highest BCUT2D eigenvalue weighted by Gasteiger charge is 1.48. The molecule has 0 unspecified atom stereocenters. The van der Waals surface area contributed by atoms with Crippen molar-refractivity contribution in [3.8, 4) is 0 Å². The molecule has 0 aromatic carbocycles. The maximum atomic E-state index is 9.06. The molecule has 0 aliphatic rings. The summed E-state index contributed by atoms with van der Waals surface area (Å²) >= 11 is 0. The van der Waals surface area contributed by atoms with E-state index >= 15 is 0 Å². The van der Waals surface area contributed by atoms with Crippen LogP contribution < -0.4 is 0 Å². The minimum absolute atomic E-state index is 0.0833. The van der Waals surface area contributed by atoms with Crippen LogP contribution in [-0.4, -0.2) is 19.1 Å². The third-order valence-electron chi connectivity index (χ3n) is 0.0861. The van der Waals surface area contributed by atoms with E-state index in [2.05, 4.69) is 0 Å². The molecule has 5 heavy (non-hydrogen) atoms. The van der Waals surface area contributed by atoms with E-state index in [1.807, 2.05) is 0 Å². The van der Waals surface area contributed by atoms with Crippen molar-refractivity contribution in [3.63, 3.8) is 0 Å². The van der Waals surface area contributed by atoms with E-state index in [0.717, 1.165) is 0 Å². The summed E-state index contributed by atoms with van der Waals surface area (Å²) in [5.74, 6) is 0. The molecule has 0 saturated carbocycles. The first-order valence-corrected chi connectivity index (χ1v) is 1.97. The van der Waals surface area contributed by atoms with Crippen LogP contribution in [0.15, 0.2) is 0 Å². The zero-order valence-electron chi connectivity index (χ0n) is 2.25. The van der Waals surface area contributed by atoms with Gasteiger partial charge in [-0.15, -0.1) is 0 Å². The summed E-state index contributed by atoms with van der Waals surface area (Å²) < 4.78 is 18.1. The van der Waals surface area contributed by atoms with Gasteiger partial charge >= 0.3 is 0 Å². The predicted octanol–water partition coefficient (Wildman–Crippen LogP) is -0.817.